The third kappa shape index (κ3) is 3.09. The van der Waals surface area contributed by atoms with Crippen molar-refractivity contribution in [1.82, 2.24) is 0 Å². The van der Waals surface area contributed by atoms with Crippen LogP contribution in [-0.4, -0.2) is 22.0 Å². The Balaban J connectivity index is 2.73. The third-order valence-electron chi connectivity index (χ3n) is 2.08. The van der Waals surface area contributed by atoms with Crippen molar-refractivity contribution in [2.75, 3.05) is 0 Å². The highest BCUT2D eigenvalue weighted by Crippen LogP contribution is 2.15. The van der Waals surface area contributed by atoms with Crippen LogP contribution in [0.1, 0.15) is 23.7 Å². The maximum atomic E-state index is 11.5. The van der Waals surface area contributed by atoms with Crippen molar-refractivity contribution in [3.8, 4) is 5.75 Å². The minimum absolute atomic E-state index is 0.00354. The van der Waals surface area contributed by atoms with E-state index in [1.165, 1.54) is 19.1 Å². The van der Waals surface area contributed by atoms with Crippen LogP contribution in [0.15, 0.2) is 24.3 Å². The van der Waals surface area contributed by atoms with Crippen LogP contribution in [0.25, 0.3) is 0 Å². The summed E-state index contributed by atoms with van der Waals surface area (Å²) in [5, 5.41) is 17.8. The molecule has 0 aliphatic carbocycles. The predicted octanol–water partition coefficient (Wildman–Crippen LogP) is 1.69. The quantitative estimate of drug-likeness (QED) is 0.738. The van der Waals surface area contributed by atoms with E-state index in [2.05, 4.69) is 0 Å². The third-order valence-corrected chi connectivity index (χ3v) is 2.08. The molecule has 0 bridgehead atoms. The average molecular weight is 208 g/mol. The zero-order chi connectivity index (χ0) is 11.4. The van der Waals surface area contributed by atoms with E-state index in [1.54, 1.807) is 12.1 Å². The number of carbonyl (C=O) groups is 2. The second-order valence-corrected chi connectivity index (χ2v) is 3.42. The average Bonchev–Trinajstić information content (AvgIpc) is 2.17. The SMILES string of the molecule is CC(CC(=O)c1cccc(O)c1)C(=O)O. The number of carboxylic acids is 1. The molecule has 2 N–H and O–H groups in total. The molecule has 0 saturated carbocycles. The number of hydrogen-bond donors (Lipinski definition) is 2. The van der Waals surface area contributed by atoms with Gasteiger partial charge in [0.05, 0.1) is 5.92 Å². The molecule has 1 aromatic carbocycles. The highest BCUT2D eigenvalue weighted by molar-refractivity contribution is 5.98. The highest BCUT2D eigenvalue weighted by Gasteiger charge is 2.16. The molecule has 15 heavy (non-hydrogen) atoms. The monoisotopic (exact) mass is 208 g/mol. The summed E-state index contributed by atoms with van der Waals surface area (Å²) < 4.78 is 0. The lowest BCUT2D eigenvalue weighted by Gasteiger charge is -2.05. The van der Waals surface area contributed by atoms with Crippen LogP contribution in [0, 0.1) is 5.92 Å². The molecule has 0 heterocycles. The molecule has 0 spiro atoms. The van der Waals surface area contributed by atoms with Crippen LogP contribution in [0.4, 0.5) is 0 Å². The number of phenols is 1. The molecule has 1 aromatic rings. The first-order chi connectivity index (χ1) is 7.00. The van der Waals surface area contributed by atoms with Crippen molar-refractivity contribution < 1.29 is 19.8 Å². The summed E-state index contributed by atoms with van der Waals surface area (Å²) >= 11 is 0. The topological polar surface area (TPSA) is 74.6 Å². The molecule has 0 radical (unpaired) electrons. The Bertz CT molecular complexity index is 384. The predicted molar refractivity (Wildman–Crippen MR) is 53.9 cm³/mol. The minimum atomic E-state index is -0.997. The van der Waals surface area contributed by atoms with Gasteiger partial charge < -0.3 is 10.2 Å². The standard InChI is InChI=1S/C11H12O4/c1-7(11(14)15)5-10(13)8-3-2-4-9(12)6-8/h2-4,6-7,12H,5H2,1H3,(H,14,15). The van der Waals surface area contributed by atoms with Crippen LogP contribution < -0.4 is 0 Å². The van der Waals surface area contributed by atoms with Crippen molar-refractivity contribution >= 4 is 11.8 Å². The van der Waals surface area contributed by atoms with Crippen molar-refractivity contribution in [2.24, 2.45) is 5.92 Å². The lowest BCUT2D eigenvalue weighted by atomic mass is 10.00. The van der Waals surface area contributed by atoms with Crippen molar-refractivity contribution in [1.29, 1.82) is 0 Å². The number of carbonyl (C=O) groups excluding carboxylic acids is 1. The molecule has 4 nitrogen and oxygen atoms in total. The first kappa shape index (κ1) is 11.2. The van der Waals surface area contributed by atoms with Gasteiger partial charge in [-0.25, -0.2) is 0 Å². The summed E-state index contributed by atoms with van der Waals surface area (Å²) in [6.45, 7) is 1.48. The Morgan fingerprint density at radius 2 is 2.07 bits per heavy atom. The number of Topliss-reactive ketones (excluding diaryl/α,β-unsaturated/α-hetero) is 1. The minimum Gasteiger partial charge on any atom is -0.508 e. The fourth-order valence-electron chi connectivity index (χ4n) is 1.16. The van der Waals surface area contributed by atoms with E-state index >= 15 is 0 Å². The van der Waals surface area contributed by atoms with Crippen LogP contribution >= 0.6 is 0 Å². The molecule has 0 aliphatic rings. The Morgan fingerprint density at radius 1 is 1.40 bits per heavy atom. The first-order valence-corrected chi connectivity index (χ1v) is 4.55. The van der Waals surface area contributed by atoms with Gasteiger partial charge in [0.2, 0.25) is 0 Å². The fourth-order valence-corrected chi connectivity index (χ4v) is 1.16. The van der Waals surface area contributed by atoms with Crippen LogP contribution in [-0.2, 0) is 4.79 Å². The van der Waals surface area contributed by atoms with Crippen molar-refractivity contribution in [2.45, 2.75) is 13.3 Å². The van der Waals surface area contributed by atoms with E-state index in [1.807, 2.05) is 0 Å². The number of rotatable bonds is 4. The van der Waals surface area contributed by atoms with Gasteiger partial charge in [-0.1, -0.05) is 19.1 Å². The van der Waals surface area contributed by atoms with Gasteiger partial charge in [-0.05, 0) is 12.1 Å². The molecule has 0 fully saturated rings. The summed E-state index contributed by atoms with van der Waals surface area (Å²) in [5.41, 5.74) is 0.336. The Kier molecular flexibility index (Phi) is 3.44. The second kappa shape index (κ2) is 4.59. The normalized spacial score (nSPS) is 12.1. The van der Waals surface area contributed by atoms with E-state index in [-0.39, 0.29) is 18.0 Å². The number of aromatic hydroxyl groups is 1. The number of aliphatic carboxylic acids is 1. The molecule has 0 aromatic heterocycles. The van der Waals surface area contributed by atoms with Gasteiger partial charge in [0.15, 0.2) is 5.78 Å². The molecule has 1 unspecified atom stereocenters. The zero-order valence-corrected chi connectivity index (χ0v) is 8.30. The maximum Gasteiger partial charge on any atom is 0.306 e. The van der Waals surface area contributed by atoms with Gasteiger partial charge in [-0.2, -0.15) is 0 Å². The summed E-state index contributed by atoms with van der Waals surface area (Å²) in [6.07, 6.45) is -0.0568. The van der Waals surface area contributed by atoms with Gasteiger partial charge in [-0.15, -0.1) is 0 Å². The Morgan fingerprint density at radius 3 is 2.60 bits per heavy atom. The number of ketones is 1. The molecule has 80 valence electrons. The summed E-state index contributed by atoms with van der Waals surface area (Å²) in [5.74, 6) is -1.98. The first-order valence-electron chi connectivity index (χ1n) is 4.55. The van der Waals surface area contributed by atoms with Crippen LogP contribution in [0.5, 0.6) is 5.75 Å². The van der Waals surface area contributed by atoms with Gasteiger partial charge in [0, 0.05) is 12.0 Å². The highest BCUT2D eigenvalue weighted by atomic mass is 16.4. The lowest BCUT2D eigenvalue weighted by molar-refractivity contribution is -0.141. The smallest absolute Gasteiger partial charge is 0.306 e. The number of phenolic OH excluding ortho intramolecular Hbond substituents is 1. The number of carboxylic acid groups (broad SMARTS) is 1. The Hall–Kier alpha value is -1.84. The molecule has 1 rings (SSSR count). The van der Waals surface area contributed by atoms with Crippen molar-refractivity contribution in [3.63, 3.8) is 0 Å². The summed E-state index contributed by atoms with van der Waals surface area (Å²) in [6, 6.07) is 5.89. The summed E-state index contributed by atoms with van der Waals surface area (Å²) in [4.78, 5) is 22.1. The van der Waals surface area contributed by atoms with Gasteiger partial charge >= 0.3 is 5.97 Å². The molecule has 1 atom stereocenters. The molecular weight excluding hydrogens is 196 g/mol. The van der Waals surface area contributed by atoms with Crippen molar-refractivity contribution in [3.05, 3.63) is 29.8 Å². The maximum absolute atomic E-state index is 11.5. The number of hydrogen-bond acceptors (Lipinski definition) is 3. The van der Waals surface area contributed by atoms with Gasteiger partial charge in [-0.3, -0.25) is 9.59 Å². The fraction of sp³-hybridized carbons (Fsp3) is 0.273. The molecule has 4 heteroatoms. The molecule has 0 aliphatic heterocycles. The van der Waals surface area contributed by atoms with Gasteiger partial charge in [0.1, 0.15) is 5.75 Å². The van der Waals surface area contributed by atoms with E-state index in [0.29, 0.717) is 5.56 Å². The second-order valence-electron chi connectivity index (χ2n) is 3.42. The Labute approximate surface area is 87.2 Å². The van der Waals surface area contributed by atoms with E-state index in [4.69, 9.17) is 10.2 Å². The molecule has 0 amide bonds. The van der Waals surface area contributed by atoms with E-state index in [0.717, 1.165) is 0 Å². The van der Waals surface area contributed by atoms with E-state index < -0.39 is 11.9 Å². The van der Waals surface area contributed by atoms with Gasteiger partial charge in [0.25, 0.3) is 0 Å². The molecular formula is C11H12O4. The van der Waals surface area contributed by atoms with E-state index in [9.17, 15) is 9.59 Å². The zero-order valence-electron chi connectivity index (χ0n) is 8.30. The lowest BCUT2D eigenvalue weighted by Crippen LogP contribution is -2.14. The van der Waals surface area contributed by atoms with Crippen LogP contribution in [0.2, 0.25) is 0 Å². The molecule has 0 saturated heterocycles. The van der Waals surface area contributed by atoms with Crippen LogP contribution in [0.3, 0.4) is 0 Å². The summed E-state index contributed by atoms with van der Waals surface area (Å²) in [7, 11) is 0. The largest absolute Gasteiger partial charge is 0.508 e. The number of benzene rings is 1.